The minimum atomic E-state index is -0.310. The van der Waals surface area contributed by atoms with Gasteiger partial charge in [0.1, 0.15) is 23.5 Å². The third-order valence-electron chi connectivity index (χ3n) is 7.25. The molecule has 2 aliphatic rings. The molecule has 0 spiro atoms. The molecule has 37 heavy (non-hydrogen) atoms. The number of urea groups is 1. The fraction of sp³-hybridized carbons (Fsp3) is 0.407. The number of fused-ring (bicyclic) bond motifs is 1. The highest BCUT2D eigenvalue weighted by Gasteiger charge is 2.26. The van der Waals surface area contributed by atoms with Crippen molar-refractivity contribution in [3.05, 3.63) is 54.8 Å². The summed E-state index contributed by atoms with van der Waals surface area (Å²) in [5.41, 5.74) is 2.80. The monoisotopic (exact) mass is 503 g/mol. The lowest BCUT2D eigenvalue weighted by Gasteiger charge is -2.35. The summed E-state index contributed by atoms with van der Waals surface area (Å²) in [4.78, 5) is 28.6. The zero-order chi connectivity index (χ0) is 25.2. The molecule has 0 radical (unpaired) electrons. The van der Waals surface area contributed by atoms with E-state index in [9.17, 15) is 9.18 Å². The number of imidazole rings is 1. The molecule has 4 aromatic rings. The second-order valence-corrected chi connectivity index (χ2v) is 9.85. The van der Waals surface area contributed by atoms with Crippen molar-refractivity contribution in [2.75, 3.05) is 18.4 Å². The van der Waals surface area contributed by atoms with Crippen LogP contribution < -0.4 is 10.6 Å². The van der Waals surface area contributed by atoms with E-state index < -0.39 is 0 Å². The number of carbonyl (C=O) groups is 1. The van der Waals surface area contributed by atoms with Gasteiger partial charge in [0, 0.05) is 43.1 Å². The fourth-order valence-electron chi connectivity index (χ4n) is 5.37. The molecule has 1 saturated carbocycles. The van der Waals surface area contributed by atoms with Crippen molar-refractivity contribution in [2.24, 2.45) is 0 Å². The third-order valence-corrected chi connectivity index (χ3v) is 7.25. The van der Waals surface area contributed by atoms with E-state index in [1.807, 2.05) is 15.4 Å². The number of oxazole rings is 1. The van der Waals surface area contributed by atoms with E-state index in [-0.39, 0.29) is 17.9 Å². The van der Waals surface area contributed by atoms with Crippen LogP contribution in [-0.4, -0.2) is 55.5 Å². The number of benzene rings is 1. The number of piperidine rings is 1. The highest BCUT2D eigenvalue weighted by molar-refractivity contribution is 5.79. The summed E-state index contributed by atoms with van der Waals surface area (Å²) < 4.78 is 20.9. The molecule has 0 bridgehead atoms. The first-order valence-electron chi connectivity index (χ1n) is 13.0. The van der Waals surface area contributed by atoms with Crippen LogP contribution >= 0.6 is 0 Å². The van der Waals surface area contributed by atoms with Crippen LogP contribution in [-0.2, 0) is 0 Å². The van der Waals surface area contributed by atoms with Gasteiger partial charge in [-0.2, -0.15) is 4.98 Å². The lowest BCUT2D eigenvalue weighted by molar-refractivity contribution is 0.175. The molecule has 10 heteroatoms. The van der Waals surface area contributed by atoms with Gasteiger partial charge in [0.2, 0.25) is 5.95 Å². The van der Waals surface area contributed by atoms with Gasteiger partial charge >= 0.3 is 11.9 Å². The number of hydrogen-bond acceptors (Lipinski definition) is 6. The fourth-order valence-corrected chi connectivity index (χ4v) is 5.37. The Morgan fingerprint density at radius 3 is 2.65 bits per heavy atom. The van der Waals surface area contributed by atoms with Crippen LogP contribution in [0.3, 0.4) is 0 Å². The van der Waals surface area contributed by atoms with Gasteiger partial charge < -0.3 is 20.0 Å². The molecule has 1 aliphatic carbocycles. The summed E-state index contributed by atoms with van der Waals surface area (Å²) in [7, 11) is 0. The number of halogens is 1. The minimum absolute atomic E-state index is 0.0265. The van der Waals surface area contributed by atoms with Gasteiger partial charge in [0.05, 0.1) is 5.69 Å². The highest BCUT2D eigenvalue weighted by atomic mass is 19.1. The van der Waals surface area contributed by atoms with Crippen LogP contribution in [0.25, 0.3) is 28.5 Å². The topological polar surface area (TPSA) is 101 Å². The molecule has 2 fully saturated rings. The number of rotatable bonds is 5. The molecule has 192 valence electrons. The number of nitrogens with zero attached hydrogens (tertiary/aromatic N) is 5. The smallest absolute Gasteiger partial charge is 0.317 e. The lowest BCUT2D eigenvalue weighted by atomic mass is 9.95. The van der Waals surface area contributed by atoms with Gasteiger partial charge in [0.25, 0.3) is 0 Å². The Morgan fingerprint density at radius 2 is 1.81 bits per heavy atom. The predicted molar refractivity (Wildman–Crippen MR) is 138 cm³/mol. The van der Waals surface area contributed by atoms with Crippen molar-refractivity contribution in [1.29, 1.82) is 0 Å². The average Bonchev–Trinajstić information content (AvgIpc) is 3.52. The molecule has 1 aliphatic heterocycles. The van der Waals surface area contributed by atoms with E-state index in [1.165, 1.54) is 31.4 Å². The molecular formula is C27H30FN7O2. The summed E-state index contributed by atoms with van der Waals surface area (Å²) in [6.45, 7) is 1.36. The van der Waals surface area contributed by atoms with Crippen molar-refractivity contribution in [3.8, 4) is 22.6 Å². The average molecular weight is 504 g/mol. The summed E-state index contributed by atoms with van der Waals surface area (Å²) in [6.07, 6.45) is 12.7. The van der Waals surface area contributed by atoms with Gasteiger partial charge in [-0.05, 0) is 56.0 Å². The van der Waals surface area contributed by atoms with E-state index >= 15 is 0 Å². The number of aromatic nitrogens is 4. The summed E-state index contributed by atoms with van der Waals surface area (Å²) in [5.74, 6) is 0.602. The first-order valence-corrected chi connectivity index (χ1v) is 13.0. The first kappa shape index (κ1) is 23.4. The molecule has 4 heterocycles. The molecule has 1 saturated heterocycles. The Morgan fingerprint density at radius 1 is 1.00 bits per heavy atom. The molecule has 1 atom stereocenters. The third kappa shape index (κ3) is 5.00. The number of carbonyl (C=O) groups excluding carboxylic acids is 1. The molecular weight excluding hydrogens is 473 g/mol. The van der Waals surface area contributed by atoms with E-state index in [0.717, 1.165) is 43.5 Å². The maximum Gasteiger partial charge on any atom is 0.317 e. The molecule has 3 aromatic heterocycles. The molecule has 1 aromatic carbocycles. The SMILES string of the molecule is O=C(NC1CCCCC1)N1CCCC(Nc2nccc(-c3c(-c4ccc(F)cc4)nc4occn34)n2)C1. The molecule has 2 amide bonds. The Kier molecular flexibility index (Phi) is 6.46. The van der Waals surface area contributed by atoms with Gasteiger partial charge in [-0.15, -0.1) is 0 Å². The molecule has 6 rings (SSSR count). The van der Waals surface area contributed by atoms with Crippen molar-refractivity contribution in [1.82, 2.24) is 29.6 Å². The molecule has 9 nitrogen and oxygen atoms in total. The van der Waals surface area contributed by atoms with E-state index in [1.54, 1.807) is 30.8 Å². The predicted octanol–water partition coefficient (Wildman–Crippen LogP) is 5.11. The standard InChI is InChI=1S/C27H30FN7O2/c28-19-10-8-18(9-11-19)23-24(35-15-16-37-27(35)33-23)22-12-13-29-25(32-22)30-21-7-4-14-34(17-21)26(36)31-20-5-2-1-3-6-20/h8-13,15-16,20-21H,1-7,14,17H2,(H,31,36)(H,29,30,32). The van der Waals surface area contributed by atoms with Gasteiger partial charge in [-0.1, -0.05) is 19.3 Å². The Balaban J connectivity index is 1.20. The van der Waals surface area contributed by atoms with Crippen LogP contribution in [0.1, 0.15) is 44.9 Å². The second-order valence-electron chi connectivity index (χ2n) is 9.85. The number of hydrogen-bond donors (Lipinski definition) is 2. The van der Waals surface area contributed by atoms with Crippen LogP contribution in [0.2, 0.25) is 0 Å². The van der Waals surface area contributed by atoms with E-state index in [4.69, 9.17) is 9.40 Å². The summed E-state index contributed by atoms with van der Waals surface area (Å²) in [5, 5.41) is 6.66. The normalized spacial score (nSPS) is 18.7. The number of anilines is 1. The van der Waals surface area contributed by atoms with Gasteiger partial charge in [-0.3, -0.25) is 4.40 Å². The van der Waals surface area contributed by atoms with Crippen molar-refractivity contribution < 1.29 is 13.6 Å². The number of nitrogens with one attached hydrogen (secondary N) is 2. The van der Waals surface area contributed by atoms with Crippen LogP contribution in [0, 0.1) is 5.82 Å². The zero-order valence-corrected chi connectivity index (χ0v) is 20.6. The lowest BCUT2D eigenvalue weighted by Crippen LogP contribution is -2.51. The Bertz CT molecular complexity index is 1380. The molecule has 1 unspecified atom stereocenters. The Hall–Kier alpha value is -3.95. The van der Waals surface area contributed by atoms with Crippen LogP contribution in [0.15, 0.2) is 53.4 Å². The van der Waals surface area contributed by atoms with Crippen molar-refractivity contribution >= 4 is 17.8 Å². The van der Waals surface area contributed by atoms with Gasteiger partial charge in [0.15, 0.2) is 0 Å². The zero-order valence-electron chi connectivity index (χ0n) is 20.6. The maximum absolute atomic E-state index is 13.5. The summed E-state index contributed by atoms with van der Waals surface area (Å²) in [6, 6.07) is 8.39. The summed E-state index contributed by atoms with van der Waals surface area (Å²) >= 11 is 0. The van der Waals surface area contributed by atoms with Gasteiger partial charge in [-0.25, -0.2) is 19.2 Å². The molecule has 2 N–H and O–H groups in total. The van der Waals surface area contributed by atoms with E-state index in [2.05, 4.69) is 20.6 Å². The minimum Gasteiger partial charge on any atom is -0.432 e. The van der Waals surface area contributed by atoms with Crippen molar-refractivity contribution in [3.63, 3.8) is 0 Å². The Labute approximate surface area is 214 Å². The van der Waals surface area contributed by atoms with Crippen LogP contribution in [0.5, 0.6) is 0 Å². The largest absolute Gasteiger partial charge is 0.432 e. The number of likely N-dealkylation sites (tertiary alicyclic amines) is 1. The van der Waals surface area contributed by atoms with Crippen LogP contribution in [0.4, 0.5) is 15.1 Å². The quantitative estimate of drug-likeness (QED) is 0.393. The van der Waals surface area contributed by atoms with E-state index in [0.29, 0.717) is 35.8 Å². The second kappa shape index (κ2) is 10.2. The van der Waals surface area contributed by atoms with Crippen molar-refractivity contribution in [2.45, 2.75) is 57.0 Å². The highest BCUT2D eigenvalue weighted by Crippen LogP contribution is 2.32. The maximum atomic E-state index is 13.5. The first-order chi connectivity index (χ1) is 18.1. The number of amides is 2.